The fraction of sp³-hybridized carbons (Fsp3) is 0.333. The van der Waals surface area contributed by atoms with Gasteiger partial charge in [0.05, 0.1) is 0 Å². The van der Waals surface area contributed by atoms with Gasteiger partial charge in [-0.05, 0) is 19.4 Å². The van der Waals surface area contributed by atoms with Crippen LogP contribution < -0.4 is 0 Å². The summed E-state index contributed by atoms with van der Waals surface area (Å²) in [5.41, 5.74) is 1.34. The second kappa shape index (κ2) is 2.93. The minimum Gasteiger partial charge on any atom is -0.241 e. The van der Waals surface area contributed by atoms with Gasteiger partial charge in [0, 0.05) is 25.0 Å². The molecule has 62 valence electrons. The number of hydrogen-bond acceptors (Lipinski definition) is 2. The molecule has 0 bridgehead atoms. The zero-order valence-electron chi connectivity index (χ0n) is 7.07. The molecule has 1 aromatic rings. The Kier molecular flexibility index (Phi) is 1.78. The van der Waals surface area contributed by atoms with E-state index in [4.69, 9.17) is 0 Å². The summed E-state index contributed by atoms with van der Waals surface area (Å²) in [6.45, 7) is 2.10. The quantitative estimate of drug-likeness (QED) is 0.571. The van der Waals surface area contributed by atoms with E-state index in [-0.39, 0.29) is 0 Å². The lowest BCUT2D eigenvalue weighted by Gasteiger charge is -2.09. The van der Waals surface area contributed by atoms with Crippen LogP contribution in [0.15, 0.2) is 35.2 Å². The largest absolute Gasteiger partial charge is 0.241 e. The molecule has 0 aliphatic carbocycles. The van der Waals surface area contributed by atoms with Gasteiger partial charge in [-0.25, -0.2) is 9.67 Å². The molecule has 1 aliphatic heterocycles. The zero-order chi connectivity index (χ0) is 8.39. The normalized spacial score (nSPS) is 17.1. The van der Waals surface area contributed by atoms with Crippen molar-refractivity contribution >= 4 is 5.84 Å². The van der Waals surface area contributed by atoms with Crippen LogP contribution in [0.25, 0.3) is 0 Å². The summed E-state index contributed by atoms with van der Waals surface area (Å²) < 4.78 is 1.82. The molecule has 0 saturated carbocycles. The molecule has 0 fully saturated rings. The minimum atomic E-state index is 0.990. The van der Waals surface area contributed by atoms with Gasteiger partial charge in [0.1, 0.15) is 5.84 Å². The van der Waals surface area contributed by atoms with Crippen LogP contribution in [0.4, 0.5) is 0 Å². The predicted octanol–water partition coefficient (Wildman–Crippen LogP) is 1.83. The van der Waals surface area contributed by atoms with Gasteiger partial charge >= 0.3 is 0 Å². The lowest BCUT2D eigenvalue weighted by Crippen LogP contribution is -2.14. The summed E-state index contributed by atoms with van der Waals surface area (Å²) in [6.07, 6.45) is 7.70. The van der Waals surface area contributed by atoms with Gasteiger partial charge in [-0.3, -0.25) is 0 Å². The molecule has 0 radical (unpaired) electrons. The third-order valence-electron chi connectivity index (χ3n) is 1.95. The van der Waals surface area contributed by atoms with E-state index in [1.807, 2.05) is 23.1 Å². The summed E-state index contributed by atoms with van der Waals surface area (Å²) >= 11 is 0. The summed E-state index contributed by atoms with van der Waals surface area (Å²) in [5, 5.41) is 4.12. The maximum Gasteiger partial charge on any atom is 0.130 e. The molecule has 0 N–H and O–H groups in total. The second-order valence-electron chi connectivity index (χ2n) is 2.97. The summed E-state index contributed by atoms with van der Waals surface area (Å²) in [5.74, 6) is 1.03. The Hall–Kier alpha value is -1.38. The molecular formula is C9H11N3. The van der Waals surface area contributed by atoms with Gasteiger partial charge < -0.3 is 0 Å². The SMILES string of the molecule is CC1=CN=C(n2cccn2)CC1. The topological polar surface area (TPSA) is 30.2 Å². The molecule has 0 atom stereocenters. The van der Waals surface area contributed by atoms with Crippen molar-refractivity contribution in [2.45, 2.75) is 19.8 Å². The van der Waals surface area contributed by atoms with Crippen LogP contribution in [-0.2, 0) is 0 Å². The first-order valence-electron chi connectivity index (χ1n) is 4.08. The van der Waals surface area contributed by atoms with Crippen molar-refractivity contribution in [3.63, 3.8) is 0 Å². The average Bonchev–Trinajstić information content (AvgIpc) is 2.58. The first-order valence-corrected chi connectivity index (χ1v) is 4.08. The molecule has 3 nitrogen and oxygen atoms in total. The third kappa shape index (κ3) is 1.30. The van der Waals surface area contributed by atoms with Crippen molar-refractivity contribution in [1.29, 1.82) is 0 Å². The molecule has 0 amide bonds. The standard InChI is InChI=1S/C9H11N3/c1-8-3-4-9(10-7-8)12-6-2-5-11-12/h2,5-7H,3-4H2,1H3. The fourth-order valence-corrected chi connectivity index (χ4v) is 1.22. The van der Waals surface area contributed by atoms with Crippen LogP contribution in [0.1, 0.15) is 19.8 Å². The van der Waals surface area contributed by atoms with Crippen LogP contribution in [0.3, 0.4) is 0 Å². The lowest BCUT2D eigenvalue weighted by atomic mass is 10.1. The second-order valence-corrected chi connectivity index (χ2v) is 2.97. The number of rotatable bonds is 0. The summed E-state index contributed by atoms with van der Waals surface area (Å²) in [6, 6.07) is 1.91. The Morgan fingerprint density at radius 3 is 2.92 bits per heavy atom. The Morgan fingerprint density at radius 1 is 1.42 bits per heavy atom. The molecule has 12 heavy (non-hydrogen) atoms. The number of aliphatic imine (C=N–C) groups is 1. The molecule has 0 aromatic carbocycles. The van der Waals surface area contributed by atoms with Crippen molar-refractivity contribution in [3.05, 3.63) is 30.2 Å². The van der Waals surface area contributed by atoms with Crippen LogP contribution in [0.2, 0.25) is 0 Å². The monoisotopic (exact) mass is 161 g/mol. The van der Waals surface area contributed by atoms with E-state index >= 15 is 0 Å². The summed E-state index contributed by atoms with van der Waals surface area (Å²) in [7, 11) is 0. The van der Waals surface area contributed by atoms with E-state index in [2.05, 4.69) is 17.0 Å². The van der Waals surface area contributed by atoms with Crippen molar-refractivity contribution in [3.8, 4) is 0 Å². The molecular weight excluding hydrogens is 150 g/mol. The molecule has 2 rings (SSSR count). The number of nitrogens with zero attached hydrogens (tertiary/aromatic N) is 3. The third-order valence-corrected chi connectivity index (χ3v) is 1.95. The molecule has 0 unspecified atom stereocenters. The Labute approximate surface area is 71.4 Å². The van der Waals surface area contributed by atoms with Crippen molar-refractivity contribution in [1.82, 2.24) is 9.78 Å². The summed E-state index contributed by atoms with van der Waals surface area (Å²) in [4.78, 5) is 4.31. The maximum absolute atomic E-state index is 4.31. The van der Waals surface area contributed by atoms with Crippen LogP contribution in [0, 0.1) is 0 Å². The minimum absolute atomic E-state index is 0.990. The van der Waals surface area contributed by atoms with Gasteiger partial charge in [-0.15, -0.1) is 0 Å². The highest BCUT2D eigenvalue weighted by molar-refractivity contribution is 5.85. The first kappa shape index (κ1) is 7.28. The van der Waals surface area contributed by atoms with E-state index in [0.29, 0.717) is 0 Å². The molecule has 1 aromatic heterocycles. The number of hydrogen-bond donors (Lipinski definition) is 0. The molecule has 3 heteroatoms. The average molecular weight is 161 g/mol. The Balaban J connectivity index is 2.27. The van der Waals surface area contributed by atoms with Gasteiger partial charge in [0.2, 0.25) is 0 Å². The van der Waals surface area contributed by atoms with Crippen molar-refractivity contribution in [2.75, 3.05) is 0 Å². The van der Waals surface area contributed by atoms with E-state index in [1.165, 1.54) is 5.57 Å². The Morgan fingerprint density at radius 2 is 2.33 bits per heavy atom. The highest BCUT2D eigenvalue weighted by atomic mass is 15.3. The van der Waals surface area contributed by atoms with Gasteiger partial charge in [0.15, 0.2) is 0 Å². The molecule has 0 spiro atoms. The number of allylic oxidation sites excluding steroid dienone is 1. The smallest absolute Gasteiger partial charge is 0.130 e. The number of aromatic nitrogens is 2. The molecule has 0 saturated heterocycles. The van der Waals surface area contributed by atoms with Crippen molar-refractivity contribution in [2.24, 2.45) is 4.99 Å². The van der Waals surface area contributed by atoms with Crippen LogP contribution in [0.5, 0.6) is 0 Å². The van der Waals surface area contributed by atoms with E-state index in [0.717, 1.165) is 18.7 Å². The highest BCUT2D eigenvalue weighted by Crippen LogP contribution is 2.11. The van der Waals surface area contributed by atoms with E-state index in [1.54, 1.807) is 6.20 Å². The molecule has 2 heterocycles. The van der Waals surface area contributed by atoms with Gasteiger partial charge in [0.25, 0.3) is 0 Å². The predicted molar refractivity (Wildman–Crippen MR) is 48.1 cm³/mol. The van der Waals surface area contributed by atoms with E-state index < -0.39 is 0 Å². The van der Waals surface area contributed by atoms with Crippen LogP contribution >= 0.6 is 0 Å². The Bertz CT molecular complexity index is 320. The van der Waals surface area contributed by atoms with Crippen LogP contribution in [-0.4, -0.2) is 15.6 Å². The van der Waals surface area contributed by atoms with Gasteiger partial charge in [-0.2, -0.15) is 5.10 Å². The van der Waals surface area contributed by atoms with Crippen molar-refractivity contribution < 1.29 is 0 Å². The molecule has 1 aliphatic rings. The van der Waals surface area contributed by atoms with Gasteiger partial charge in [-0.1, -0.05) is 5.57 Å². The first-order chi connectivity index (χ1) is 5.86. The highest BCUT2D eigenvalue weighted by Gasteiger charge is 2.06. The zero-order valence-corrected chi connectivity index (χ0v) is 7.07. The fourth-order valence-electron chi connectivity index (χ4n) is 1.22. The lowest BCUT2D eigenvalue weighted by molar-refractivity contribution is 0.853. The van der Waals surface area contributed by atoms with E-state index in [9.17, 15) is 0 Å². The maximum atomic E-state index is 4.31.